The minimum atomic E-state index is -0.190. The van der Waals surface area contributed by atoms with Gasteiger partial charge in [0.1, 0.15) is 0 Å². The number of rotatable bonds is 5. The van der Waals surface area contributed by atoms with Gasteiger partial charge >= 0.3 is 0 Å². The Labute approximate surface area is 170 Å². The predicted molar refractivity (Wildman–Crippen MR) is 112 cm³/mol. The number of aliphatic hydroxyl groups is 2. The van der Waals surface area contributed by atoms with Crippen LogP contribution in [0.4, 0.5) is 5.95 Å². The molecule has 1 aromatic heterocycles. The van der Waals surface area contributed by atoms with Crippen molar-refractivity contribution < 1.29 is 15.0 Å². The third-order valence-corrected chi connectivity index (χ3v) is 6.31. The highest BCUT2D eigenvalue weighted by atomic mass is 16.3. The zero-order valence-electron chi connectivity index (χ0n) is 16.7. The summed E-state index contributed by atoms with van der Waals surface area (Å²) in [4.78, 5) is 21.7. The van der Waals surface area contributed by atoms with Crippen molar-refractivity contribution in [3.05, 3.63) is 30.0 Å². The number of hydrogen-bond donors (Lipinski definition) is 4. The smallest absolute Gasteiger partial charge is 0.251 e. The molecule has 4 rings (SSSR count). The molecule has 7 heteroatoms. The number of aromatic nitrogens is 2. The number of fused-ring (bicyclic) bond motifs is 1. The number of nitrogens with zero attached hydrogens (tertiary/aromatic N) is 2. The molecule has 1 aromatic carbocycles. The second-order valence-electron chi connectivity index (χ2n) is 8.49. The molecule has 0 spiro atoms. The fourth-order valence-electron chi connectivity index (χ4n) is 4.39. The van der Waals surface area contributed by atoms with E-state index in [9.17, 15) is 15.0 Å². The molecule has 2 aromatic rings. The van der Waals surface area contributed by atoms with Crippen LogP contribution in [0.15, 0.2) is 24.4 Å². The number of aliphatic hydroxyl groups excluding tert-OH is 2. The van der Waals surface area contributed by atoms with E-state index in [4.69, 9.17) is 0 Å². The fourth-order valence-corrected chi connectivity index (χ4v) is 4.39. The third-order valence-electron chi connectivity index (χ3n) is 6.31. The summed E-state index contributed by atoms with van der Waals surface area (Å²) in [5.41, 5.74) is 1.35. The number of hydrogen-bond acceptors (Lipinski definition) is 6. The highest BCUT2D eigenvalue weighted by molar-refractivity contribution is 5.97. The molecule has 0 unspecified atom stereocenters. The van der Waals surface area contributed by atoms with Gasteiger partial charge < -0.3 is 20.8 Å². The molecule has 0 atom stereocenters. The Kier molecular flexibility index (Phi) is 6.25. The topological polar surface area (TPSA) is 107 Å². The first-order valence-electron chi connectivity index (χ1n) is 10.7. The Morgan fingerprint density at radius 3 is 2.48 bits per heavy atom. The first-order valence-corrected chi connectivity index (χ1v) is 10.7. The average molecular weight is 399 g/mol. The number of anilines is 1. The number of amides is 1. The summed E-state index contributed by atoms with van der Waals surface area (Å²) in [5, 5.41) is 26.3. The van der Waals surface area contributed by atoms with E-state index in [-0.39, 0.29) is 30.7 Å². The highest BCUT2D eigenvalue weighted by Crippen LogP contribution is 2.25. The van der Waals surface area contributed by atoms with Gasteiger partial charge in [-0.1, -0.05) is 6.07 Å². The van der Waals surface area contributed by atoms with Gasteiger partial charge in [-0.2, -0.15) is 0 Å². The van der Waals surface area contributed by atoms with Crippen molar-refractivity contribution in [2.45, 2.75) is 69.6 Å². The van der Waals surface area contributed by atoms with E-state index in [2.05, 4.69) is 20.6 Å². The molecule has 0 bridgehead atoms. The average Bonchev–Trinajstić information content (AvgIpc) is 2.75. The van der Waals surface area contributed by atoms with Gasteiger partial charge in [0.25, 0.3) is 5.91 Å². The first kappa shape index (κ1) is 20.0. The summed E-state index contributed by atoms with van der Waals surface area (Å²) < 4.78 is 0. The lowest BCUT2D eigenvalue weighted by atomic mass is 9.86. The minimum absolute atomic E-state index is 0.0752. The molecule has 0 saturated heterocycles. The molecule has 7 nitrogen and oxygen atoms in total. The molecule has 2 fully saturated rings. The quantitative estimate of drug-likeness (QED) is 0.617. The molecule has 1 amide bonds. The fraction of sp³-hybridized carbons (Fsp3) is 0.591. The van der Waals surface area contributed by atoms with Crippen molar-refractivity contribution in [2.24, 2.45) is 5.92 Å². The molecule has 2 aliphatic carbocycles. The third kappa shape index (κ3) is 5.03. The Bertz CT molecular complexity index is 843. The van der Waals surface area contributed by atoms with E-state index in [0.29, 0.717) is 17.4 Å². The predicted octanol–water partition coefficient (Wildman–Crippen LogP) is 2.63. The molecule has 0 aliphatic heterocycles. The van der Waals surface area contributed by atoms with Crippen LogP contribution in [-0.2, 0) is 0 Å². The molecule has 29 heavy (non-hydrogen) atoms. The summed E-state index contributed by atoms with van der Waals surface area (Å²) in [6.45, 7) is 0.239. The second-order valence-corrected chi connectivity index (χ2v) is 8.49. The van der Waals surface area contributed by atoms with Gasteiger partial charge in [0, 0.05) is 35.8 Å². The van der Waals surface area contributed by atoms with Crippen LogP contribution >= 0.6 is 0 Å². The van der Waals surface area contributed by atoms with Gasteiger partial charge in [-0.25, -0.2) is 9.97 Å². The first-order chi connectivity index (χ1) is 14.1. The number of nitrogens with one attached hydrogen (secondary N) is 2. The second kappa shape index (κ2) is 9.05. The van der Waals surface area contributed by atoms with Crippen LogP contribution in [0.3, 0.4) is 0 Å². The van der Waals surface area contributed by atoms with Crippen molar-refractivity contribution in [1.29, 1.82) is 0 Å². The van der Waals surface area contributed by atoms with Gasteiger partial charge in [-0.05, 0) is 69.4 Å². The number of carbonyl (C=O) groups is 1. The number of benzene rings is 1. The minimum Gasteiger partial charge on any atom is -0.396 e. The maximum atomic E-state index is 12.7. The van der Waals surface area contributed by atoms with Gasteiger partial charge in [-0.15, -0.1) is 0 Å². The van der Waals surface area contributed by atoms with E-state index >= 15 is 0 Å². The monoisotopic (exact) mass is 398 g/mol. The lowest BCUT2D eigenvalue weighted by Gasteiger charge is -2.28. The maximum Gasteiger partial charge on any atom is 0.251 e. The van der Waals surface area contributed by atoms with Crippen molar-refractivity contribution >= 4 is 22.8 Å². The van der Waals surface area contributed by atoms with Gasteiger partial charge in [-0.3, -0.25) is 4.79 Å². The van der Waals surface area contributed by atoms with Crippen molar-refractivity contribution in [3.63, 3.8) is 0 Å². The molecule has 156 valence electrons. The normalized spacial score (nSPS) is 27.5. The lowest BCUT2D eigenvalue weighted by Crippen LogP contribution is -2.38. The summed E-state index contributed by atoms with van der Waals surface area (Å²) in [6.07, 6.45) is 8.75. The molecule has 4 N–H and O–H groups in total. The van der Waals surface area contributed by atoms with Crippen LogP contribution in [0.25, 0.3) is 10.9 Å². The van der Waals surface area contributed by atoms with Crippen LogP contribution < -0.4 is 10.6 Å². The Balaban J connectivity index is 1.41. The van der Waals surface area contributed by atoms with Crippen molar-refractivity contribution in [3.8, 4) is 0 Å². The van der Waals surface area contributed by atoms with Crippen molar-refractivity contribution in [2.75, 3.05) is 11.9 Å². The number of carbonyl (C=O) groups excluding carboxylic acids is 1. The standard InChI is InChI=1S/C22H30N4O3/c27-13-14-1-5-17(6-2-14)24-21(29)15-3-4-16-12-23-22(26-20(16)11-15)25-18-7-9-19(28)10-8-18/h3-4,11-12,14,17-19,27-28H,1-2,5-10,13H2,(H,24,29)(H,23,25,26). The van der Waals surface area contributed by atoms with Crippen LogP contribution in [0, 0.1) is 5.92 Å². The van der Waals surface area contributed by atoms with Gasteiger partial charge in [0.05, 0.1) is 11.6 Å². The van der Waals surface area contributed by atoms with E-state index in [0.717, 1.165) is 62.3 Å². The Hall–Kier alpha value is -2.25. The lowest BCUT2D eigenvalue weighted by molar-refractivity contribution is 0.0914. The zero-order valence-corrected chi connectivity index (χ0v) is 16.7. The van der Waals surface area contributed by atoms with E-state index in [1.807, 2.05) is 18.2 Å². The van der Waals surface area contributed by atoms with Gasteiger partial charge in [0.2, 0.25) is 5.95 Å². The van der Waals surface area contributed by atoms with E-state index < -0.39 is 0 Å². The maximum absolute atomic E-state index is 12.7. The summed E-state index contributed by atoms with van der Waals surface area (Å²) >= 11 is 0. The molecule has 2 aliphatic rings. The Morgan fingerprint density at radius 2 is 1.76 bits per heavy atom. The molecule has 2 saturated carbocycles. The Morgan fingerprint density at radius 1 is 1.03 bits per heavy atom. The SMILES string of the molecule is O=C(NC1CCC(CO)CC1)c1ccc2cnc(NC3CCC(O)CC3)nc2c1. The van der Waals surface area contributed by atoms with Crippen LogP contribution in [0.5, 0.6) is 0 Å². The largest absolute Gasteiger partial charge is 0.396 e. The highest BCUT2D eigenvalue weighted by Gasteiger charge is 2.23. The van der Waals surface area contributed by atoms with Crippen LogP contribution in [0.2, 0.25) is 0 Å². The van der Waals surface area contributed by atoms with Gasteiger partial charge in [0.15, 0.2) is 0 Å². The molecular formula is C22H30N4O3. The molecular weight excluding hydrogens is 368 g/mol. The van der Waals surface area contributed by atoms with Crippen LogP contribution in [-0.4, -0.2) is 50.9 Å². The summed E-state index contributed by atoms with van der Waals surface area (Å²) in [7, 11) is 0. The summed E-state index contributed by atoms with van der Waals surface area (Å²) in [5.74, 6) is 0.867. The van der Waals surface area contributed by atoms with Crippen LogP contribution in [0.1, 0.15) is 61.7 Å². The summed E-state index contributed by atoms with van der Waals surface area (Å²) in [6, 6.07) is 5.96. The molecule has 0 radical (unpaired) electrons. The zero-order chi connectivity index (χ0) is 20.2. The van der Waals surface area contributed by atoms with Crippen molar-refractivity contribution in [1.82, 2.24) is 15.3 Å². The van der Waals surface area contributed by atoms with E-state index in [1.165, 1.54) is 0 Å². The molecule has 1 heterocycles. The van der Waals surface area contributed by atoms with E-state index in [1.54, 1.807) is 6.20 Å².